The highest BCUT2D eigenvalue weighted by Crippen LogP contribution is 2.17. The highest BCUT2D eigenvalue weighted by molar-refractivity contribution is 5.94. The van der Waals surface area contributed by atoms with Crippen LogP contribution in [0.1, 0.15) is 10.4 Å². The van der Waals surface area contributed by atoms with E-state index in [-0.39, 0.29) is 24.7 Å². The number of aliphatic hydroxyl groups is 1. The van der Waals surface area contributed by atoms with Crippen LogP contribution in [0.5, 0.6) is 11.5 Å². The van der Waals surface area contributed by atoms with Crippen molar-refractivity contribution >= 4 is 11.6 Å². The van der Waals surface area contributed by atoms with Crippen LogP contribution in [0.15, 0.2) is 48.5 Å². The number of hydrogen-bond donors (Lipinski definition) is 1. The van der Waals surface area contributed by atoms with E-state index in [9.17, 15) is 20.0 Å². The molecule has 0 spiro atoms. The summed E-state index contributed by atoms with van der Waals surface area (Å²) in [6, 6.07) is 12.2. The lowest BCUT2D eigenvalue weighted by molar-refractivity contribution is -0.384. The van der Waals surface area contributed by atoms with E-state index in [1.807, 2.05) is 0 Å². The fraction of sp³-hybridized carbons (Fsp3) is 0.278. The van der Waals surface area contributed by atoms with E-state index in [0.29, 0.717) is 17.1 Å². The monoisotopic (exact) mass is 360 g/mol. The van der Waals surface area contributed by atoms with Crippen LogP contribution in [0.2, 0.25) is 0 Å². The number of nitro benzene ring substituents is 1. The summed E-state index contributed by atoms with van der Waals surface area (Å²) in [6.07, 6.45) is -0.885. The predicted octanol–water partition coefficient (Wildman–Crippen LogP) is 2.12. The van der Waals surface area contributed by atoms with E-state index in [2.05, 4.69) is 0 Å². The fourth-order valence-corrected chi connectivity index (χ4v) is 2.26. The Morgan fingerprint density at radius 1 is 1.15 bits per heavy atom. The van der Waals surface area contributed by atoms with Crippen LogP contribution >= 0.6 is 0 Å². The molecule has 26 heavy (non-hydrogen) atoms. The van der Waals surface area contributed by atoms with Gasteiger partial charge in [0.2, 0.25) is 0 Å². The SMILES string of the molecule is COc1ccc(OCC(O)CN(C)C(=O)c2ccc([N+](=O)[O-])cc2)cc1. The first-order valence-corrected chi connectivity index (χ1v) is 7.85. The molecule has 0 radical (unpaired) electrons. The largest absolute Gasteiger partial charge is 0.497 e. The Bertz CT molecular complexity index is 745. The molecule has 0 saturated carbocycles. The van der Waals surface area contributed by atoms with Gasteiger partial charge in [-0.2, -0.15) is 0 Å². The summed E-state index contributed by atoms with van der Waals surface area (Å²) < 4.78 is 10.5. The number of hydrogen-bond acceptors (Lipinski definition) is 6. The molecule has 0 aliphatic heterocycles. The number of aliphatic hydroxyl groups excluding tert-OH is 1. The van der Waals surface area contributed by atoms with Crippen LogP contribution in [0, 0.1) is 10.1 Å². The first kappa shape index (κ1) is 19.2. The lowest BCUT2D eigenvalue weighted by Crippen LogP contribution is -2.37. The Morgan fingerprint density at radius 2 is 1.73 bits per heavy atom. The number of amides is 1. The maximum atomic E-state index is 12.3. The normalized spacial score (nSPS) is 11.5. The van der Waals surface area contributed by atoms with E-state index in [4.69, 9.17) is 9.47 Å². The van der Waals surface area contributed by atoms with E-state index in [1.54, 1.807) is 38.4 Å². The van der Waals surface area contributed by atoms with Gasteiger partial charge >= 0.3 is 0 Å². The maximum Gasteiger partial charge on any atom is 0.269 e. The van der Waals surface area contributed by atoms with E-state index < -0.39 is 11.0 Å². The fourth-order valence-electron chi connectivity index (χ4n) is 2.26. The minimum absolute atomic E-state index is 0.0181. The molecule has 0 heterocycles. The standard InChI is InChI=1S/C18H20N2O6/c1-19(18(22)13-3-5-14(6-4-13)20(23)24)11-15(21)12-26-17-9-7-16(25-2)8-10-17/h3-10,15,21H,11-12H2,1-2H3. The van der Waals surface area contributed by atoms with Crippen LogP contribution in [-0.4, -0.2) is 54.3 Å². The molecule has 2 aromatic carbocycles. The number of nitro groups is 1. The lowest BCUT2D eigenvalue weighted by Gasteiger charge is -2.21. The van der Waals surface area contributed by atoms with Gasteiger partial charge in [-0.15, -0.1) is 0 Å². The summed E-state index contributed by atoms with van der Waals surface area (Å²) in [5, 5.41) is 20.7. The topological polar surface area (TPSA) is 102 Å². The molecule has 1 amide bonds. The van der Waals surface area contributed by atoms with Crippen LogP contribution in [-0.2, 0) is 0 Å². The third kappa shape index (κ3) is 5.18. The van der Waals surface area contributed by atoms with Gasteiger partial charge in [0.15, 0.2) is 0 Å². The molecule has 138 valence electrons. The van der Waals surface area contributed by atoms with E-state index in [0.717, 1.165) is 0 Å². The van der Waals surface area contributed by atoms with Gasteiger partial charge in [0.05, 0.1) is 12.0 Å². The molecule has 2 rings (SSSR count). The first-order valence-electron chi connectivity index (χ1n) is 7.85. The Labute approximate surface area is 150 Å². The van der Waals surface area contributed by atoms with Crippen LogP contribution in [0.25, 0.3) is 0 Å². The molecule has 1 unspecified atom stereocenters. The Balaban J connectivity index is 1.85. The number of nitrogens with zero attached hydrogens (tertiary/aromatic N) is 2. The molecule has 8 heteroatoms. The van der Waals surface area contributed by atoms with Crippen LogP contribution in [0.3, 0.4) is 0 Å². The molecule has 1 N–H and O–H groups in total. The van der Waals surface area contributed by atoms with Crippen molar-refractivity contribution in [3.8, 4) is 11.5 Å². The summed E-state index contributed by atoms with van der Waals surface area (Å²) in [4.78, 5) is 23.7. The third-order valence-corrected chi connectivity index (χ3v) is 3.66. The summed E-state index contributed by atoms with van der Waals surface area (Å²) in [5.41, 5.74) is 0.221. The van der Waals surface area contributed by atoms with Crippen molar-refractivity contribution in [1.29, 1.82) is 0 Å². The summed E-state index contributed by atoms with van der Waals surface area (Å²) in [7, 11) is 3.11. The Morgan fingerprint density at radius 3 is 2.27 bits per heavy atom. The molecule has 0 bridgehead atoms. The smallest absolute Gasteiger partial charge is 0.269 e. The lowest BCUT2D eigenvalue weighted by atomic mass is 10.2. The molecule has 0 saturated heterocycles. The number of carbonyl (C=O) groups is 1. The van der Waals surface area contributed by atoms with Gasteiger partial charge in [-0.05, 0) is 36.4 Å². The number of ether oxygens (including phenoxy) is 2. The van der Waals surface area contributed by atoms with Crippen molar-refractivity contribution < 1.29 is 24.3 Å². The zero-order chi connectivity index (χ0) is 19.1. The van der Waals surface area contributed by atoms with Gasteiger partial charge in [0.25, 0.3) is 11.6 Å². The molecule has 0 aromatic heterocycles. The average molecular weight is 360 g/mol. The maximum absolute atomic E-state index is 12.3. The van der Waals surface area contributed by atoms with Gasteiger partial charge in [0, 0.05) is 31.3 Å². The van der Waals surface area contributed by atoms with E-state index >= 15 is 0 Å². The average Bonchev–Trinajstić information content (AvgIpc) is 2.66. The van der Waals surface area contributed by atoms with Gasteiger partial charge in [0.1, 0.15) is 24.2 Å². The number of benzene rings is 2. The Kier molecular flexibility index (Phi) is 6.51. The summed E-state index contributed by atoms with van der Waals surface area (Å²) in [6.45, 7) is 0.0795. The van der Waals surface area contributed by atoms with Crippen molar-refractivity contribution in [3.05, 3.63) is 64.2 Å². The molecular weight excluding hydrogens is 340 g/mol. The minimum Gasteiger partial charge on any atom is -0.497 e. The van der Waals surface area contributed by atoms with E-state index in [1.165, 1.54) is 29.2 Å². The summed E-state index contributed by atoms with van der Waals surface area (Å²) in [5.74, 6) is 0.934. The van der Waals surface area contributed by atoms with Gasteiger partial charge in [-0.25, -0.2) is 0 Å². The highest BCUT2D eigenvalue weighted by Gasteiger charge is 2.17. The third-order valence-electron chi connectivity index (χ3n) is 3.66. The van der Waals surface area contributed by atoms with Gasteiger partial charge in [-0.3, -0.25) is 14.9 Å². The van der Waals surface area contributed by atoms with Crippen LogP contribution in [0.4, 0.5) is 5.69 Å². The highest BCUT2D eigenvalue weighted by atomic mass is 16.6. The quantitative estimate of drug-likeness (QED) is 0.571. The number of methoxy groups -OCH3 is 1. The molecule has 8 nitrogen and oxygen atoms in total. The number of rotatable bonds is 8. The van der Waals surface area contributed by atoms with Crippen molar-refractivity contribution in [2.75, 3.05) is 27.3 Å². The Hall–Kier alpha value is -3.13. The van der Waals surface area contributed by atoms with Crippen molar-refractivity contribution in [2.24, 2.45) is 0 Å². The molecule has 0 aliphatic carbocycles. The van der Waals surface area contributed by atoms with Crippen molar-refractivity contribution in [2.45, 2.75) is 6.10 Å². The molecular formula is C18H20N2O6. The number of likely N-dealkylation sites (N-methyl/N-ethyl adjacent to an activating group) is 1. The van der Waals surface area contributed by atoms with Crippen molar-refractivity contribution in [3.63, 3.8) is 0 Å². The number of carbonyl (C=O) groups excluding carboxylic acids is 1. The predicted molar refractivity (Wildman–Crippen MR) is 94.6 cm³/mol. The second kappa shape index (κ2) is 8.82. The zero-order valence-electron chi connectivity index (χ0n) is 14.5. The molecule has 0 aliphatic rings. The molecule has 0 fully saturated rings. The van der Waals surface area contributed by atoms with Crippen LogP contribution < -0.4 is 9.47 Å². The van der Waals surface area contributed by atoms with Gasteiger partial charge < -0.3 is 19.5 Å². The van der Waals surface area contributed by atoms with Gasteiger partial charge in [-0.1, -0.05) is 0 Å². The minimum atomic E-state index is -0.885. The number of non-ortho nitro benzene ring substituents is 1. The summed E-state index contributed by atoms with van der Waals surface area (Å²) >= 11 is 0. The van der Waals surface area contributed by atoms with Crippen molar-refractivity contribution in [1.82, 2.24) is 4.90 Å². The molecule has 1 atom stereocenters. The second-order valence-corrected chi connectivity index (χ2v) is 5.63. The molecule has 2 aromatic rings. The zero-order valence-corrected chi connectivity index (χ0v) is 14.5. The second-order valence-electron chi connectivity index (χ2n) is 5.63. The first-order chi connectivity index (χ1) is 12.4.